The molecule has 20 heavy (non-hydrogen) atoms. The summed E-state index contributed by atoms with van der Waals surface area (Å²) in [6, 6.07) is 3.41. The highest BCUT2D eigenvalue weighted by atomic mass is 19.4. The van der Waals surface area contributed by atoms with E-state index in [0.717, 1.165) is 18.6 Å². The molecule has 0 heterocycles. The third-order valence-corrected chi connectivity index (χ3v) is 2.82. The van der Waals surface area contributed by atoms with Crippen molar-refractivity contribution >= 4 is 11.4 Å². The number of benzene rings is 1. The van der Waals surface area contributed by atoms with Crippen LogP contribution in [-0.4, -0.2) is 5.54 Å². The number of nitrogen functional groups attached to an aromatic ring is 1. The number of halogens is 3. The first-order valence-electron chi connectivity index (χ1n) is 6.55. The first-order valence-corrected chi connectivity index (χ1v) is 6.55. The Morgan fingerprint density at radius 2 is 1.60 bits per heavy atom. The Labute approximate surface area is 118 Å². The first kappa shape index (κ1) is 16.7. The number of anilines is 2. The standard InChI is InChI=1S/C15H23F3N2/c1-13(2,3)9-14(4,5)20-12-7-6-10(8-11(12)19)15(16,17)18/h6-8,20H,9,19H2,1-5H3. The van der Waals surface area contributed by atoms with Gasteiger partial charge in [-0.05, 0) is 43.9 Å². The Balaban J connectivity index is 2.94. The number of rotatable bonds is 3. The van der Waals surface area contributed by atoms with Crippen molar-refractivity contribution in [1.82, 2.24) is 0 Å². The van der Waals surface area contributed by atoms with Crippen molar-refractivity contribution in [2.75, 3.05) is 11.1 Å². The number of alkyl halides is 3. The Kier molecular flexibility index (Phi) is 4.32. The highest BCUT2D eigenvalue weighted by Gasteiger charge is 2.31. The van der Waals surface area contributed by atoms with Crippen LogP contribution in [-0.2, 0) is 6.18 Å². The molecule has 2 nitrogen and oxygen atoms in total. The van der Waals surface area contributed by atoms with E-state index < -0.39 is 11.7 Å². The lowest BCUT2D eigenvalue weighted by molar-refractivity contribution is -0.137. The van der Waals surface area contributed by atoms with Gasteiger partial charge in [-0.25, -0.2) is 0 Å². The summed E-state index contributed by atoms with van der Waals surface area (Å²) in [6.45, 7) is 10.4. The fourth-order valence-electron chi connectivity index (χ4n) is 2.59. The summed E-state index contributed by atoms with van der Waals surface area (Å²) in [5.74, 6) is 0. The van der Waals surface area contributed by atoms with Gasteiger partial charge in [0.05, 0.1) is 16.9 Å². The monoisotopic (exact) mass is 288 g/mol. The van der Waals surface area contributed by atoms with Gasteiger partial charge < -0.3 is 11.1 Å². The summed E-state index contributed by atoms with van der Waals surface area (Å²) in [6.07, 6.45) is -3.51. The molecule has 0 aliphatic heterocycles. The van der Waals surface area contributed by atoms with Gasteiger partial charge in [0.15, 0.2) is 0 Å². The molecule has 0 radical (unpaired) electrons. The van der Waals surface area contributed by atoms with Crippen LogP contribution in [0, 0.1) is 5.41 Å². The van der Waals surface area contributed by atoms with Gasteiger partial charge >= 0.3 is 6.18 Å². The summed E-state index contributed by atoms with van der Waals surface area (Å²) in [4.78, 5) is 0. The van der Waals surface area contributed by atoms with Crippen molar-refractivity contribution in [3.8, 4) is 0 Å². The van der Waals surface area contributed by atoms with Crippen LogP contribution < -0.4 is 11.1 Å². The molecule has 0 aliphatic rings. The van der Waals surface area contributed by atoms with Crippen LogP contribution in [0.4, 0.5) is 24.5 Å². The largest absolute Gasteiger partial charge is 0.416 e. The van der Waals surface area contributed by atoms with Gasteiger partial charge in [-0.2, -0.15) is 13.2 Å². The molecule has 0 saturated heterocycles. The zero-order chi connectivity index (χ0) is 15.8. The maximum atomic E-state index is 12.6. The van der Waals surface area contributed by atoms with E-state index in [1.54, 1.807) is 0 Å². The summed E-state index contributed by atoms with van der Waals surface area (Å²) in [5, 5.41) is 3.23. The average molecular weight is 288 g/mol. The Hall–Kier alpha value is -1.39. The second-order valence-electron chi connectivity index (χ2n) is 7.05. The van der Waals surface area contributed by atoms with Gasteiger partial charge in [0, 0.05) is 5.54 Å². The van der Waals surface area contributed by atoms with E-state index >= 15 is 0 Å². The summed E-state index contributed by atoms with van der Waals surface area (Å²) in [7, 11) is 0. The minimum absolute atomic E-state index is 0.108. The van der Waals surface area contributed by atoms with Crippen LogP contribution in [0.3, 0.4) is 0 Å². The van der Waals surface area contributed by atoms with Gasteiger partial charge in [0.1, 0.15) is 0 Å². The number of nitrogens with one attached hydrogen (secondary N) is 1. The van der Waals surface area contributed by atoms with E-state index in [0.29, 0.717) is 5.69 Å². The molecule has 0 amide bonds. The van der Waals surface area contributed by atoms with E-state index in [1.165, 1.54) is 6.07 Å². The lowest BCUT2D eigenvalue weighted by atomic mass is 9.81. The van der Waals surface area contributed by atoms with Crippen LogP contribution in [0.1, 0.15) is 46.6 Å². The lowest BCUT2D eigenvalue weighted by Crippen LogP contribution is -2.35. The van der Waals surface area contributed by atoms with Gasteiger partial charge in [-0.15, -0.1) is 0 Å². The summed E-state index contributed by atoms with van der Waals surface area (Å²) in [5.41, 5.74) is 5.50. The quantitative estimate of drug-likeness (QED) is 0.775. The minimum Gasteiger partial charge on any atom is -0.397 e. The summed E-state index contributed by atoms with van der Waals surface area (Å²) < 4.78 is 37.8. The van der Waals surface area contributed by atoms with E-state index in [-0.39, 0.29) is 16.6 Å². The van der Waals surface area contributed by atoms with Crippen LogP contribution in [0.2, 0.25) is 0 Å². The topological polar surface area (TPSA) is 38.0 Å². The molecule has 0 unspecified atom stereocenters. The zero-order valence-corrected chi connectivity index (χ0v) is 12.7. The number of hydrogen-bond acceptors (Lipinski definition) is 2. The van der Waals surface area contributed by atoms with Crippen molar-refractivity contribution in [3.63, 3.8) is 0 Å². The first-order chi connectivity index (χ1) is 8.80. The van der Waals surface area contributed by atoms with Crippen molar-refractivity contribution in [2.24, 2.45) is 5.41 Å². The predicted octanol–water partition coefficient (Wildman–Crippen LogP) is 4.91. The Morgan fingerprint density at radius 1 is 1.05 bits per heavy atom. The van der Waals surface area contributed by atoms with Gasteiger partial charge in [0.2, 0.25) is 0 Å². The fraction of sp³-hybridized carbons (Fsp3) is 0.600. The van der Waals surface area contributed by atoms with Crippen molar-refractivity contribution in [3.05, 3.63) is 23.8 Å². The Morgan fingerprint density at radius 3 is 2.00 bits per heavy atom. The predicted molar refractivity (Wildman–Crippen MR) is 77.6 cm³/mol. The molecule has 3 N–H and O–H groups in total. The second-order valence-corrected chi connectivity index (χ2v) is 7.05. The van der Waals surface area contributed by atoms with Crippen LogP contribution >= 0.6 is 0 Å². The molecule has 0 saturated carbocycles. The van der Waals surface area contributed by atoms with E-state index in [9.17, 15) is 13.2 Å². The molecule has 114 valence electrons. The number of hydrogen-bond donors (Lipinski definition) is 2. The normalized spacial score (nSPS) is 13.4. The molecular formula is C15H23F3N2. The van der Waals surface area contributed by atoms with Crippen LogP contribution in [0.15, 0.2) is 18.2 Å². The van der Waals surface area contributed by atoms with E-state index in [2.05, 4.69) is 26.1 Å². The number of nitrogens with two attached hydrogens (primary N) is 1. The van der Waals surface area contributed by atoms with Crippen LogP contribution in [0.25, 0.3) is 0 Å². The van der Waals surface area contributed by atoms with Gasteiger partial charge in [0.25, 0.3) is 0 Å². The summed E-state index contributed by atoms with van der Waals surface area (Å²) >= 11 is 0. The molecule has 5 heteroatoms. The third kappa shape index (κ3) is 4.94. The molecule has 0 spiro atoms. The van der Waals surface area contributed by atoms with Gasteiger partial charge in [-0.1, -0.05) is 20.8 Å². The lowest BCUT2D eigenvalue weighted by Gasteiger charge is -2.34. The fourth-order valence-corrected chi connectivity index (χ4v) is 2.59. The molecule has 0 aromatic heterocycles. The minimum atomic E-state index is -4.37. The molecular weight excluding hydrogens is 265 g/mol. The maximum Gasteiger partial charge on any atom is 0.416 e. The second kappa shape index (κ2) is 5.19. The van der Waals surface area contributed by atoms with Gasteiger partial charge in [-0.3, -0.25) is 0 Å². The maximum absolute atomic E-state index is 12.6. The molecule has 0 bridgehead atoms. The zero-order valence-electron chi connectivity index (χ0n) is 12.7. The van der Waals surface area contributed by atoms with Crippen molar-refractivity contribution < 1.29 is 13.2 Å². The SMILES string of the molecule is CC(C)(C)CC(C)(C)Nc1ccc(C(F)(F)F)cc1N. The molecule has 0 fully saturated rings. The third-order valence-electron chi connectivity index (χ3n) is 2.82. The molecule has 1 aromatic rings. The van der Waals surface area contributed by atoms with Crippen molar-refractivity contribution in [2.45, 2.75) is 52.8 Å². The highest BCUT2D eigenvalue weighted by molar-refractivity contribution is 5.68. The molecule has 0 atom stereocenters. The van der Waals surface area contributed by atoms with E-state index in [4.69, 9.17) is 5.73 Å². The smallest absolute Gasteiger partial charge is 0.397 e. The molecule has 1 aromatic carbocycles. The van der Waals surface area contributed by atoms with Crippen LogP contribution in [0.5, 0.6) is 0 Å². The van der Waals surface area contributed by atoms with Crippen molar-refractivity contribution in [1.29, 1.82) is 0 Å². The average Bonchev–Trinajstić information content (AvgIpc) is 2.15. The molecule has 1 rings (SSSR count). The van der Waals surface area contributed by atoms with E-state index in [1.807, 2.05) is 13.8 Å². The molecule has 0 aliphatic carbocycles. The Bertz CT molecular complexity index is 471. The highest BCUT2D eigenvalue weighted by Crippen LogP contribution is 2.35.